The standard InChI is InChI=1S/C23H20ClN3O2/c1-13-2-9-18(10-17(13)12-28)29-23-25-20-11-19(24)21(26-22(20)27-23)16-7-5-15(6-8-16)14-3-4-14/h2,5-11,14,28H,3-4,12H2,1H3,(H,25,26,27). The molecule has 4 aromatic rings. The summed E-state index contributed by atoms with van der Waals surface area (Å²) in [5.41, 5.74) is 6.13. The van der Waals surface area contributed by atoms with Crippen LogP contribution in [0.25, 0.3) is 22.4 Å². The molecule has 1 saturated carbocycles. The molecule has 0 unspecified atom stereocenters. The molecule has 1 fully saturated rings. The fraction of sp³-hybridized carbons (Fsp3) is 0.217. The number of fused-ring (bicyclic) bond motifs is 1. The Morgan fingerprint density at radius 3 is 2.62 bits per heavy atom. The van der Waals surface area contributed by atoms with Crippen LogP contribution in [0.5, 0.6) is 11.8 Å². The number of hydrogen-bond donors (Lipinski definition) is 2. The van der Waals surface area contributed by atoms with Crippen LogP contribution in [0.2, 0.25) is 5.02 Å². The lowest BCUT2D eigenvalue weighted by Gasteiger charge is -2.06. The number of hydrogen-bond acceptors (Lipinski definition) is 4. The molecule has 2 N–H and O–H groups in total. The number of pyridine rings is 1. The monoisotopic (exact) mass is 405 g/mol. The molecule has 2 aromatic carbocycles. The van der Waals surface area contributed by atoms with Gasteiger partial charge in [0.25, 0.3) is 0 Å². The molecule has 5 nitrogen and oxygen atoms in total. The lowest BCUT2D eigenvalue weighted by Crippen LogP contribution is -1.91. The number of aliphatic hydroxyl groups is 1. The highest BCUT2D eigenvalue weighted by Gasteiger charge is 2.23. The van der Waals surface area contributed by atoms with Gasteiger partial charge in [0.05, 0.1) is 22.8 Å². The average molecular weight is 406 g/mol. The molecule has 0 bridgehead atoms. The van der Waals surface area contributed by atoms with Crippen molar-refractivity contribution in [1.82, 2.24) is 15.0 Å². The molecule has 1 aliphatic carbocycles. The summed E-state index contributed by atoms with van der Waals surface area (Å²) in [5, 5.41) is 10.00. The van der Waals surface area contributed by atoms with E-state index in [1.165, 1.54) is 18.4 Å². The number of aliphatic hydroxyl groups excluding tert-OH is 1. The molecule has 5 rings (SSSR count). The second kappa shape index (κ2) is 7.17. The Balaban J connectivity index is 1.46. The fourth-order valence-corrected chi connectivity index (χ4v) is 3.73. The Morgan fingerprint density at radius 1 is 1.10 bits per heavy atom. The molecule has 2 heterocycles. The Bertz CT molecular complexity index is 1200. The molecule has 6 heteroatoms. The summed E-state index contributed by atoms with van der Waals surface area (Å²) in [6.07, 6.45) is 2.56. The molecule has 0 spiro atoms. The first-order valence-electron chi connectivity index (χ1n) is 9.65. The van der Waals surface area contributed by atoms with Gasteiger partial charge in [0.1, 0.15) is 5.75 Å². The van der Waals surface area contributed by atoms with Gasteiger partial charge in [-0.3, -0.25) is 0 Å². The zero-order valence-electron chi connectivity index (χ0n) is 15.9. The molecule has 1 aliphatic rings. The summed E-state index contributed by atoms with van der Waals surface area (Å²) in [6.45, 7) is 1.91. The van der Waals surface area contributed by atoms with Gasteiger partial charge < -0.3 is 14.8 Å². The highest BCUT2D eigenvalue weighted by atomic mass is 35.5. The van der Waals surface area contributed by atoms with Gasteiger partial charge in [0.2, 0.25) is 0 Å². The van der Waals surface area contributed by atoms with Gasteiger partial charge in [-0.25, -0.2) is 4.98 Å². The molecular weight excluding hydrogens is 386 g/mol. The van der Waals surface area contributed by atoms with Crippen LogP contribution in [0, 0.1) is 6.92 Å². The number of benzene rings is 2. The largest absolute Gasteiger partial charge is 0.426 e. The van der Waals surface area contributed by atoms with Crippen LogP contribution in [0.3, 0.4) is 0 Å². The third-order valence-electron chi connectivity index (χ3n) is 5.34. The molecule has 29 heavy (non-hydrogen) atoms. The molecule has 2 aromatic heterocycles. The number of rotatable bonds is 5. The van der Waals surface area contributed by atoms with E-state index in [4.69, 9.17) is 16.3 Å². The fourth-order valence-electron chi connectivity index (χ4n) is 3.47. The minimum absolute atomic E-state index is 0.0385. The van der Waals surface area contributed by atoms with E-state index < -0.39 is 0 Å². The van der Waals surface area contributed by atoms with Crippen LogP contribution in [0.15, 0.2) is 48.5 Å². The number of H-pyrrole nitrogens is 1. The molecule has 0 amide bonds. The maximum atomic E-state index is 9.44. The second-order valence-electron chi connectivity index (χ2n) is 7.48. The summed E-state index contributed by atoms with van der Waals surface area (Å²) in [4.78, 5) is 12.2. The zero-order valence-corrected chi connectivity index (χ0v) is 16.7. The molecule has 0 saturated heterocycles. The lowest BCUT2D eigenvalue weighted by atomic mass is 10.1. The van der Waals surface area contributed by atoms with E-state index in [-0.39, 0.29) is 6.61 Å². The summed E-state index contributed by atoms with van der Waals surface area (Å²) >= 11 is 6.50. The first kappa shape index (κ1) is 18.2. The number of nitrogens with zero attached hydrogens (tertiary/aromatic N) is 2. The predicted octanol–water partition coefficient (Wildman–Crippen LogP) is 5.75. The van der Waals surface area contributed by atoms with Crippen molar-refractivity contribution in [2.75, 3.05) is 0 Å². The van der Waals surface area contributed by atoms with Crippen molar-refractivity contribution in [3.8, 4) is 23.0 Å². The van der Waals surface area contributed by atoms with E-state index in [1.54, 1.807) is 6.07 Å². The van der Waals surface area contributed by atoms with Crippen LogP contribution in [-0.2, 0) is 6.61 Å². The van der Waals surface area contributed by atoms with Crippen molar-refractivity contribution in [3.05, 3.63) is 70.2 Å². The average Bonchev–Trinajstić information content (AvgIpc) is 3.50. The maximum absolute atomic E-state index is 9.44. The summed E-state index contributed by atoms with van der Waals surface area (Å²) in [7, 11) is 0. The lowest BCUT2D eigenvalue weighted by molar-refractivity contribution is 0.280. The Kier molecular flexibility index (Phi) is 4.49. The molecule has 146 valence electrons. The van der Waals surface area contributed by atoms with Crippen LogP contribution < -0.4 is 4.74 Å². The minimum Gasteiger partial charge on any atom is -0.426 e. The maximum Gasteiger partial charge on any atom is 0.301 e. The van der Waals surface area contributed by atoms with Gasteiger partial charge in [-0.15, -0.1) is 0 Å². The normalized spacial score (nSPS) is 13.8. The molecule has 0 atom stereocenters. The van der Waals surface area contributed by atoms with E-state index in [0.29, 0.717) is 39.6 Å². The number of aromatic amines is 1. The third-order valence-corrected chi connectivity index (χ3v) is 5.63. The summed E-state index contributed by atoms with van der Waals surface area (Å²) in [5.74, 6) is 1.31. The van der Waals surface area contributed by atoms with Crippen molar-refractivity contribution in [1.29, 1.82) is 0 Å². The second-order valence-corrected chi connectivity index (χ2v) is 7.88. The van der Waals surface area contributed by atoms with E-state index in [1.807, 2.05) is 25.1 Å². The van der Waals surface area contributed by atoms with Crippen LogP contribution in [0.4, 0.5) is 0 Å². The van der Waals surface area contributed by atoms with E-state index >= 15 is 0 Å². The number of aromatic nitrogens is 3. The van der Waals surface area contributed by atoms with Crippen molar-refractivity contribution in [3.63, 3.8) is 0 Å². The number of imidazole rings is 1. The number of halogens is 1. The van der Waals surface area contributed by atoms with Crippen LogP contribution in [0.1, 0.15) is 35.4 Å². The van der Waals surface area contributed by atoms with E-state index in [0.717, 1.165) is 16.7 Å². The van der Waals surface area contributed by atoms with E-state index in [9.17, 15) is 5.11 Å². The van der Waals surface area contributed by atoms with Crippen molar-refractivity contribution < 1.29 is 9.84 Å². The van der Waals surface area contributed by atoms with Gasteiger partial charge in [0.15, 0.2) is 5.65 Å². The van der Waals surface area contributed by atoms with E-state index in [2.05, 4.69) is 39.2 Å². The minimum atomic E-state index is -0.0385. The smallest absolute Gasteiger partial charge is 0.301 e. The first-order chi connectivity index (χ1) is 14.1. The number of nitrogens with one attached hydrogen (secondary N) is 1. The topological polar surface area (TPSA) is 71.0 Å². The number of aryl methyl sites for hydroxylation is 1. The Hall–Kier alpha value is -2.89. The van der Waals surface area contributed by atoms with Crippen molar-refractivity contribution in [2.24, 2.45) is 0 Å². The Labute approximate surface area is 173 Å². The quantitative estimate of drug-likeness (QED) is 0.443. The molecule has 0 aliphatic heterocycles. The van der Waals surface area contributed by atoms with Crippen molar-refractivity contribution in [2.45, 2.75) is 32.3 Å². The van der Waals surface area contributed by atoms with Gasteiger partial charge in [-0.05, 0) is 60.6 Å². The van der Waals surface area contributed by atoms with Crippen LogP contribution in [-0.4, -0.2) is 20.1 Å². The highest BCUT2D eigenvalue weighted by molar-refractivity contribution is 6.33. The third kappa shape index (κ3) is 3.59. The van der Waals surface area contributed by atoms with Crippen molar-refractivity contribution >= 4 is 22.8 Å². The SMILES string of the molecule is Cc1ccc(Oc2nc3nc(-c4ccc(C5CC5)cc4)c(Cl)cc3[nH]2)cc1CO. The predicted molar refractivity (Wildman–Crippen MR) is 113 cm³/mol. The Morgan fingerprint density at radius 2 is 1.90 bits per heavy atom. The van der Waals surface area contributed by atoms with Gasteiger partial charge in [-0.1, -0.05) is 41.9 Å². The molecule has 0 radical (unpaired) electrons. The summed E-state index contributed by atoms with van der Waals surface area (Å²) < 4.78 is 5.83. The highest BCUT2D eigenvalue weighted by Crippen LogP contribution is 2.40. The zero-order chi connectivity index (χ0) is 20.0. The first-order valence-corrected chi connectivity index (χ1v) is 10.0. The molecular formula is C23H20ClN3O2. The van der Waals surface area contributed by atoms with Crippen LogP contribution >= 0.6 is 11.6 Å². The van der Waals surface area contributed by atoms with Gasteiger partial charge in [-0.2, -0.15) is 4.98 Å². The summed E-state index contributed by atoms with van der Waals surface area (Å²) in [6, 6.07) is 16.2. The number of ether oxygens (including phenoxy) is 1. The van der Waals surface area contributed by atoms with Gasteiger partial charge in [0, 0.05) is 5.56 Å². The van der Waals surface area contributed by atoms with Gasteiger partial charge >= 0.3 is 6.01 Å².